The fourth-order valence-corrected chi connectivity index (χ4v) is 1.74. The first-order valence-corrected chi connectivity index (χ1v) is 6.88. The Labute approximate surface area is 127 Å². The molecule has 0 aliphatic heterocycles. The molecule has 0 spiro atoms. The zero-order valence-corrected chi connectivity index (χ0v) is 12.8. The number of halogens is 2. The highest BCUT2D eigenvalue weighted by atomic mass is 19.1. The molecule has 0 unspecified atom stereocenters. The Bertz CT molecular complexity index is 514. The lowest BCUT2D eigenvalue weighted by atomic mass is 10.3. The minimum absolute atomic E-state index is 0.204. The van der Waals surface area contributed by atoms with E-state index in [9.17, 15) is 18.4 Å². The van der Waals surface area contributed by atoms with Crippen molar-refractivity contribution in [1.29, 1.82) is 0 Å². The van der Waals surface area contributed by atoms with Gasteiger partial charge in [-0.25, -0.2) is 8.78 Å². The number of carbonyl (C=O) groups is 2. The number of carbonyl (C=O) groups excluding carboxylic acids is 2. The van der Waals surface area contributed by atoms with Gasteiger partial charge in [0.05, 0.1) is 6.61 Å². The van der Waals surface area contributed by atoms with Crippen molar-refractivity contribution >= 4 is 11.9 Å². The maximum atomic E-state index is 13.4. The fourth-order valence-electron chi connectivity index (χ4n) is 1.74. The summed E-state index contributed by atoms with van der Waals surface area (Å²) in [4.78, 5) is 24.8. The van der Waals surface area contributed by atoms with Gasteiger partial charge in [-0.2, -0.15) is 0 Å². The second-order valence-corrected chi connectivity index (χ2v) is 4.76. The third kappa shape index (κ3) is 4.98. The van der Waals surface area contributed by atoms with Gasteiger partial charge >= 0.3 is 5.97 Å². The van der Waals surface area contributed by atoms with Crippen LogP contribution in [0.5, 0.6) is 5.75 Å². The van der Waals surface area contributed by atoms with Crippen LogP contribution in [0.4, 0.5) is 8.78 Å². The van der Waals surface area contributed by atoms with Crippen molar-refractivity contribution in [2.24, 2.45) is 0 Å². The van der Waals surface area contributed by atoms with E-state index >= 15 is 0 Å². The summed E-state index contributed by atoms with van der Waals surface area (Å²) in [7, 11) is 0. The van der Waals surface area contributed by atoms with E-state index in [1.165, 1.54) is 11.0 Å². The fraction of sp³-hybridized carbons (Fsp3) is 0.467. The minimum atomic E-state index is -0.894. The molecule has 0 bridgehead atoms. The van der Waals surface area contributed by atoms with E-state index < -0.39 is 35.9 Å². The average Bonchev–Trinajstić information content (AvgIpc) is 2.44. The molecule has 0 aromatic heterocycles. The summed E-state index contributed by atoms with van der Waals surface area (Å²) in [5, 5.41) is 0. The van der Waals surface area contributed by atoms with Gasteiger partial charge in [0.2, 0.25) is 0 Å². The maximum Gasteiger partial charge on any atom is 0.325 e. The molecule has 0 radical (unpaired) electrons. The number of hydrogen-bond acceptors (Lipinski definition) is 4. The highest BCUT2D eigenvalue weighted by molar-refractivity contribution is 5.83. The van der Waals surface area contributed by atoms with Gasteiger partial charge in [-0.05, 0) is 32.9 Å². The van der Waals surface area contributed by atoms with Crippen LogP contribution in [-0.4, -0.2) is 42.6 Å². The van der Waals surface area contributed by atoms with Gasteiger partial charge in [0.15, 0.2) is 24.0 Å². The Morgan fingerprint density at radius 2 is 1.82 bits per heavy atom. The molecule has 1 aromatic rings. The van der Waals surface area contributed by atoms with Gasteiger partial charge in [-0.15, -0.1) is 0 Å². The zero-order chi connectivity index (χ0) is 16.7. The highest BCUT2D eigenvalue weighted by Crippen LogP contribution is 2.20. The maximum absolute atomic E-state index is 13.4. The number of rotatable bonds is 7. The Hall–Kier alpha value is -2.18. The number of hydrogen-bond donors (Lipinski definition) is 0. The van der Waals surface area contributed by atoms with Crippen LogP contribution in [0.2, 0.25) is 0 Å². The lowest BCUT2D eigenvalue weighted by molar-refractivity contribution is -0.150. The summed E-state index contributed by atoms with van der Waals surface area (Å²) < 4.78 is 36.5. The first kappa shape index (κ1) is 17.9. The molecule has 0 saturated heterocycles. The first-order chi connectivity index (χ1) is 10.4. The standard InChI is InChI=1S/C15H19F2NO4/c1-4-21-14(20)8-18(10(2)3)13(19)9-22-15-11(16)6-5-7-12(15)17/h5-7,10H,4,8-9H2,1-3H3. The van der Waals surface area contributed by atoms with E-state index in [0.29, 0.717) is 0 Å². The summed E-state index contributed by atoms with van der Waals surface area (Å²) in [5.74, 6) is -3.52. The Morgan fingerprint density at radius 3 is 2.32 bits per heavy atom. The topological polar surface area (TPSA) is 55.8 Å². The van der Waals surface area contributed by atoms with E-state index in [1.807, 2.05) is 0 Å². The molecule has 0 aliphatic rings. The molecule has 0 saturated carbocycles. The lowest BCUT2D eigenvalue weighted by Gasteiger charge is -2.25. The number of para-hydroxylation sites is 1. The molecule has 22 heavy (non-hydrogen) atoms. The van der Waals surface area contributed by atoms with Crippen LogP contribution in [-0.2, 0) is 14.3 Å². The van der Waals surface area contributed by atoms with Crippen LogP contribution in [0.3, 0.4) is 0 Å². The predicted octanol–water partition coefficient (Wildman–Crippen LogP) is 2.14. The quantitative estimate of drug-likeness (QED) is 0.724. The molecule has 0 aliphatic carbocycles. The molecule has 0 N–H and O–H groups in total. The van der Waals surface area contributed by atoms with Gasteiger partial charge in [-0.3, -0.25) is 9.59 Å². The SMILES string of the molecule is CCOC(=O)CN(C(=O)COc1c(F)cccc1F)C(C)C. The second kappa shape index (κ2) is 8.31. The number of esters is 1. The molecule has 1 amide bonds. The Morgan fingerprint density at radius 1 is 1.23 bits per heavy atom. The van der Waals surface area contributed by atoms with Crippen molar-refractivity contribution in [2.75, 3.05) is 19.8 Å². The molecule has 0 atom stereocenters. The van der Waals surface area contributed by atoms with Crippen molar-refractivity contribution in [3.63, 3.8) is 0 Å². The normalized spacial score (nSPS) is 10.5. The van der Waals surface area contributed by atoms with Crippen LogP contribution in [0.15, 0.2) is 18.2 Å². The summed E-state index contributed by atoms with van der Waals surface area (Å²) in [5.41, 5.74) is 0. The lowest BCUT2D eigenvalue weighted by Crippen LogP contribution is -2.43. The Balaban J connectivity index is 2.70. The Kier molecular flexibility index (Phi) is 6.75. The molecule has 0 heterocycles. The van der Waals surface area contributed by atoms with E-state index in [-0.39, 0.29) is 19.2 Å². The largest absolute Gasteiger partial charge is 0.478 e. The van der Waals surface area contributed by atoms with Crippen LogP contribution < -0.4 is 4.74 Å². The van der Waals surface area contributed by atoms with Crippen LogP contribution in [0.25, 0.3) is 0 Å². The summed E-state index contributed by atoms with van der Waals surface area (Å²) in [6, 6.07) is 2.97. The third-order valence-corrected chi connectivity index (χ3v) is 2.81. The number of nitrogens with zero attached hydrogens (tertiary/aromatic N) is 1. The zero-order valence-electron chi connectivity index (χ0n) is 12.8. The molecule has 122 valence electrons. The molecule has 5 nitrogen and oxygen atoms in total. The van der Waals surface area contributed by atoms with Gasteiger partial charge in [0.25, 0.3) is 5.91 Å². The van der Waals surface area contributed by atoms with Crippen molar-refractivity contribution < 1.29 is 27.8 Å². The van der Waals surface area contributed by atoms with Crippen molar-refractivity contribution in [3.05, 3.63) is 29.8 Å². The number of benzene rings is 1. The van der Waals surface area contributed by atoms with Gasteiger partial charge in [-0.1, -0.05) is 6.07 Å². The van der Waals surface area contributed by atoms with E-state index in [0.717, 1.165) is 12.1 Å². The third-order valence-electron chi connectivity index (χ3n) is 2.81. The van der Waals surface area contributed by atoms with E-state index in [2.05, 4.69) is 0 Å². The molecule has 1 rings (SSSR count). The van der Waals surface area contributed by atoms with Crippen molar-refractivity contribution in [3.8, 4) is 5.75 Å². The predicted molar refractivity (Wildman–Crippen MR) is 75.3 cm³/mol. The number of ether oxygens (including phenoxy) is 2. The molecular formula is C15H19F2NO4. The minimum Gasteiger partial charge on any atom is -0.478 e. The van der Waals surface area contributed by atoms with Gasteiger partial charge < -0.3 is 14.4 Å². The number of amides is 1. The second-order valence-electron chi connectivity index (χ2n) is 4.76. The van der Waals surface area contributed by atoms with Crippen molar-refractivity contribution in [2.45, 2.75) is 26.8 Å². The monoisotopic (exact) mass is 315 g/mol. The molecule has 0 fully saturated rings. The van der Waals surface area contributed by atoms with Gasteiger partial charge in [0, 0.05) is 6.04 Å². The van der Waals surface area contributed by atoms with Crippen LogP contribution in [0, 0.1) is 11.6 Å². The first-order valence-electron chi connectivity index (χ1n) is 6.88. The van der Waals surface area contributed by atoms with E-state index in [4.69, 9.17) is 9.47 Å². The summed E-state index contributed by atoms with van der Waals surface area (Å²) >= 11 is 0. The molecular weight excluding hydrogens is 296 g/mol. The smallest absolute Gasteiger partial charge is 0.325 e. The van der Waals surface area contributed by atoms with E-state index in [1.54, 1.807) is 20.8 Å². The highest BCUT2D eigenvalue weighted by Gasteiger charge is 2.22. The molecule has 7 heteroatoms. The van der Waals surface area contributed by atoms with Crippen molar-refractivity contribution in [1.82, 2.24) is 4.90 Å². The summed E-state index contributed by atoms with van der Waals surface area (Å²) in [6.45, 7) is 4.46. The van der Waals surface area contributed by atoms with Gasteiger partial charge in [0.1, 0.15) is 6.54 Å². The molecule has 1 aromatic carbocycles. The van der Waals surface area contributed by atoms with Crippen LogP contribution in [0.1, 0.15) is 20.8 Å². The summed E-state index contributed by atoms with van der Waals surface area (Å²) in [6.07, 6.45) is 0. The van der Waals surface area contributed by atoms with Crippen LogP contribution >= 0.6 is 0 Å². The average molecular weight is 315 g/mol.